The molecule has 0 aliphatic heterocycles. The van der Waals surface area contributed by atoms with Gasteiger partial charge in [0.15, 0.2) is 0 Å². The van der Waals surface area contributed by atoms with Crippen LogP contribution in [-0.2, 0) is 6.42 Å². The highest BCUT2D eigenvalue weighted by Crippen LogP contribution is 2.24. The van der Waals surface area contributed by atoms with Gasteiger partial charge in [-0.15, -0.1) is 6.58 Å². The molecule has 68 valence electrons. The Morgan fingerprint density at radius 1 is 1.46 bits per heavy atom. The van der Waals surface area contributed by atoms with E-state index in [0.29, 0.717) is 12.2 Å². The molecule has 1 aromatic carbocycles. The van der Waals surface area contributed by atoms with E-state index >= 15 is 0 Å². The van der Waals surface area contributed by atoms with Crippen LogP contribution in [0.5, 0.6) is 5.75 Å². The summed E-state index contributed by atoms with van der Waals surface area (Å²) in [6.07, 6.45) is 6.29. The monoisotopic (exact) mass is 174 g/mol. The molecule has 0 heterocycles. The second kappa shape index (κ2) is 4.51. The zero-order chi connectivity index (χ0) is 9.68. The molecule has 0 saturated carbocycles. The van der Waals surface area contributed by atoms with Gasteiger partial charge in [0, 0.05) is 5.56 Å². The second-order valence-corrected chi connectivity index (χ2v) is 2.85. The molecule has 0 fully saturated rings. The maximum absolute atomic E-state index is 9.75. The number of aromatic hydroxyl groups is 1. The first kappa shape index (κ1) is 9.59. The summed E-state index contributed by atoms with van der Waals surface area (Å²) in [7, 11) is 0. The van der Waals surface area contributed by atoms with Gasteiger partial charge >= 0.3 is 0 Å². The van der Waals surface area contributed by atoms with Gasteiger partial charge in [0.05, 0.1) is 0 Å². The fourth-order valence-corrected chi connectivity index (χ4v) is 1.25. The predicted octanol–water partition coefficient (Wildman–Crippen LogP) is 3.15. The normalized spacial score (nSPS) is 10.5. The van der Waals surface area contributed by atoms with Crippen LogP contribution < -0.4 is 0 Å². The van der Waals surface area contributed by atoms with Crippen LogP contribution >= 0.6 is 0 Å². The van der Waals surface area contributed by atoms with E-state index in [4.69, 9.17) is 0 Å². The zero-order valence-corrected chi connectivity index (χ0v) is 7.83. The number of hydrogen-bond acceptors (Lipinski definition) is 1. The summed E-state index contributed by atoms with van der Waals surface area (Å²) in [5, 5.41) is 9.75. The molecule has 1 aromatic rings. The number of allylic oxidation sites excluding steroid dienone is 2. The average Bonchev–Trinajstić information content (AvgIpc) is 2.13. The summed E-state index contributed by atoms with van der Waals surface area (Å²) in [6, 6.07) is 5.74. The van der Waals surface area contributed by atoms with Crippen LogP contribution in [-0.4, -0.2) is 5.11 Å². The van der Waals surface area contributed by atoms with Crippen LogP contribution in [0.3, 0.4) is 0 Å². The smallest absolute Gasteiger partial charge is 0.126 e. The molecule has 0 radical (unpaired) electrons. The van der Waals surface area contributed by atoms with Crippen LogP contribution in [0.1, 0.15) is 18.1 Å². The number of rotatable bonds is 3. The fraction of sp³-hybridized carbons (Fsp3) is 0.167. The number of benzene rings is 1. The van der Waals surface area contributed by atoms with Crippen molar-refractivity contribution >= 4 is 6.08 Å². The van der Waals surface area contributed by atoms with Crippen molar-refractivity contribution < 1.29 is 5.11 Å². The summed E-state index contributed by atoms with van der Waals surface area (Å²) in [4.78, 5) is 0. The summed E-state index contributed by atoms with van der Waals surface area (Å²) < 4.78 is 0. The lowest BCUT2D eigenvalue weighted by Gasteiger charge is -2.04. The molecule has 13 heavy (non-hydrogen) atoms. The van der Waals surface area contributed by atoms with Gasteiger partial charge in [-0.1, -0.05) is 36.4 Å². The Hall–Kier alpha value is -1.50. The largest absolute Gasteiger partial charge is 0.507 e. The standard InChI is InChI=1S/C12H14O/c1-3-6-10-8-5-9-11(7-4-2)12(10)13/h3-5,7-9,13H,1,6H2,2H3/b7-4+. The summed E-state index contributed by atoms with van der Waals surface area (Å²) >= 11 is 0. The van der Waals surface area contributed by atoms with Crippen molar-refractivity contribution in [1.29, 1.82) is 0 Å². The minimum absolute atomic E-state index is 0.362. The number of hydrogen-bond donors (Lipinski definition) is 1. The van der Waals surface area contributed by atoms with Gasteiger partial charge in [-0.3, -0.25) is 0 Å². The molecule has 0 bridgehead atoms. The zero-order valence-electron chi connectivity index (χ0n) is 7.83. The molecule has 0 saturated heterocycles. The van der Waals surface area contributed by atoms with Crippen molar-refractivity contribution in [2.24, 2.45) is 0 Å². The number of phenolic OH excluding ortho intramolecular Hbond substituents is 1. The molecule has 0 spiro atoms. The molecule has 1 rings (SSSR count). The molecule has 0 aliphatic carbocycles. The van der Waals surface area contributed by atoms with Gasteiger partial charge in [0.2, 0.25) is 0 Å². The predicted molar refractivity (Wildman–Crippen MR) is 56.7 cm³/mol. The van der Waals surface area contributed by atoms with Crippen LogP contribution in [0.4, 0.5) is 0 Å². The Balaban J connectivity index is 3.09. The maximum atomic E-state index is 9.75. The first-order valence-corrected chi connectivity index (χ1v) is 4.34. The lowest BCUT2D eigenvalue weighted by molar-refractivity contribution is 0.468. The van der Waals surface area contributed by atoms with Crippen molar-refractivity contribution in [3.8, 4) is 5.75 Å². The molecular weight excluding hydrogens is 160 g/mol. The highest BCUT2D eigenvalue weighted by molar-refractivity contribution is 5.59. The second-order valence-electron chi connectivity index (χ2n) is 2.85. The van der Waals surface area contributed by atoms with Gasteiger partial charge in [0.1, 0.15) is 5.75 Å². The Bertz CT molecular complexity index is 324. The van der Waals surface area contributed by atoms with Gasteiger partial charge < -0.3 is 5.11 Å². The molecule has 0 unspecified atom stereocenters. The highest BCUT2D eigenvalue weighted by Gasteiger charge is 2.01. The number of para-hydroxylation sites is 1. The van der Waals surface area contributed by atoms with E-state index in [-0.39, 0.29) is 0 Å². The molecule has 1 nitrogen and oxygen atoms in total. The Morgan fingerprint density at radius 3 is 2.85 bits per heavy atom. The molecule has 0 aromatic heterocycles. The lowest BCUT2D eigenvalue weighted by atomic mass is 10.1. The van der Waals surface area contributed by atoms with E-state index in [0.717, 1.165) is 11.1 Å². The van der Waals surface area contributed by atoms with E-state index in [2.05, 4.69) is 6.58 Å². The summed E-state index contributed by atoms with van der Waals surface area (Å²) in [6.45, 7) is 5.57. The van der Waals surface area contributed by atoms with Gasteiger partial charge in [0.25, 0.3) is 0 Å². The van der Waals surface area contributed by atoms with Crippen molar-refractivity contribution in [3.05, 3.63) is 48.1 Å². The molecular formula is C12H14O. The Morgan fingerprint density at radius 2 is 2.23 bits per heavy atom. The van der Waals surface area contributed by atoms with E-state index in [9.17, 15) is 5.11 Å². The maximum Gasteiger partial charge on any atom is 0.126 e. The van der Waals surface area contributed by atoms with Crippen LogP contribution in [0, 0.1) is 0 Å². The Labute approximate surface area is 79.0 Å². The van der Waals surface area contributed by atoms with E-state index in [1.165, 1.54) is 0 Å². The van der Waals surface area contributed by atoms with Gasteiger partial charge in [-0.2, -0.15) is 0 Å². The first-order chi connectivity index (χ1) is 6.29. The van der Waals surface area contributed by atoms with Crippen LogP contribution in [0.2, 0.25) is 0 Å². The average molecular weight is 174 g/mol. The van der Waals surface area contributed by atoms with E-state index in [1.807, 2.05) is 37.3 Å². The molecule has 1 heteroatoms. The van der Waals surface area contributed by atoms with Crippen LogP contribution in [0.15, 0.2) is 36.9 Å². The SMILES string of the molecule is C=CCc1cccc(/C=C/C)c1O. The van der Waals surface area contributed by atoms with Crippen molar-refractivity contribution in [2.45, 2.75) is 13.3 Å². The minimum atomic E-state index is 0.362. The summed E-state index contributed by atoms with van der Waals surface area (Å²) in [5.41, 5.74) is 1.78. The number of phenols is 1. The summed E-state index contributed by atoms with van der Waals surface area (Å²) in [5.74, 6) is 0.362. The highest BCUT2D eigenvalue weighted by atomic mass is 16.3. The van der Waals surface area contributed by atoms with Crippen molar-refractivity contribution in [1.82, 2.24) is 0 Å². The lowest BCUT2D eigenvalue weighted by Crippen LogP contribution is -1.84. The first-order valence-electron chi connectivity index (χ1n) is 4.34. The molecule has 1 N–H and O–H groups in total. The van der Waals surface area contributed by atoms with Crippen molar-refractivity contribution in [2.75, 3.05) is 0 Å². The van der Waals surface area contributed by atoms with Crippen molar-refractivity contribution in [3.63, 3.8) is 0 Å². The van der Waals surface area contributed by atoms with Gasteiger partial charge in [-0.05, 0) is 18.9 Å². The molecule has 0 atom stereocenters. The van der Waals surface area contributed by atoms with Crippen LogP contribution in [0.25, 0.3) is 6.08 Å². The minimum Gasteiger partial charge on any atom is -0.507 e. The Kier molecular flexibility index (Phi) is 3.32. The van der Waals surface area contributed by atoms with E-state index < -0.39 is 0 Å². The molecule has 0 aliphatic rings. The third-order valence-electron chi connectivity index (χ3n) is 1.86. The molecule has 0 amide bonds. The topological polar surface area (TPSA) is 20.2 Å². The van der Waals surface area contributed by atoms with E-state index in [1.54, 1.807) is 6.08 Å². The quantitative estimate of drug-likeness (QED) is 0.698. The van der Waals surface area contributed by atoms with Gasteiger partial charge in [-0.25, -0.2) is 0 Å². The third-order valence-corrected chi connectivity index (χ3v) is 1.86. The third kappa shape index (κ3) is 2.22. The fourth-order valence-electron chi connectivity index (χ4n) is 1.25.